The van der Waals surface area contributed by atoms with Crippen molar-refractivity contribution in [3.63, 3.8) is 0 Å². The van der Waals surface area contributed by atoms with E-state index in [1.807, 2.05) is 25.1 Å². The summed E-state index contributed by atoms with van der Waals surface area (Å²) < 4.78 is 5.56. The van der Waals surface area contributed by atoms with Crippen LogP contribution in [-0.2, 0) is 11.2 Å². The molecule has 0 unspecified atom stereocenters. The van der Waals surface area contributed by atoms with E-state index in [4.69, 9.17) is 27.9 Å². The third kappa shape index (κ3) is 6.51. The van der Waals surface area contributed by atoms with E-state index in [9.17, 15) is 14.4 Å². The molecular formula is C38H33Cl2N7O4S. The van der Waals surface area contributed by atoms with Gasteiger partial charge in [-0.2, -0.15) is 0 Å². The van der Waals surface area contributed by atoms with E-state index in [0.29, 0.717) is 57.5 Å². The van der Waals surface area contributed by atoms with E-state index in [1.165, 1.54) is 23.7 Å². The van der Waals surface area contributed by atoms with Crippen LogP contribution in [0.5, 0.6) is 0 Å². The molecule has 2 saturated heterocycles. The normalized spacial score (nSPS) is 16.0. The van der Waals surface area contributed by atoms with Crippen LogP contribution in [0, 0.1) is 12.3 Å². The Balaban J connectivity index is 0.976. The van der Waals surface area contributed by atoms with Gasteiger partial charge >= 0.3 is 0 Å². The number of amides is 3. The number of ether oxygens (including phenoxy) is 1. The first-order chi connectivity index (χ1) is 25.2. The number of hydrogen-bond donors (Lipinski definition) is 2. The molecule has 0 bridgehead atoms. The van der Waals surface area contributed by atoms with Crippen LogP contribution in [0.1, 0.15) is 54.4 Å². The summed E-state index contributed by atoms with van der Waals surface area (Å²) in [5, 5.41) is 6.27. The van der Waals surface area contributed by atoms with Gasteiger partial charge in [0, 0.05) is 74.3 Å². The van der Waals surface area contributed by atoms with Crippen molar-refractivity contribution < 1.29 is 19.1 Å². The fraction of sp³-hybridized carbons (Fsp3) is 0.263. The largest absolute Gasteiger partial charge is 0.381 e. The molecule has 0 saturated carbocycles. The number of halogens is 2. The van der Waals surface area contributed by atoms with E-state index in [1.54, 1.807) is 47.6 Å². The molecule has 0 aliphatic carbocycles. The predicted octanol–water partition coefficient (Wildman–Crippen LogP) is 7.54. The molecule has 11 nitrogen and oxygen atoms in total. The number of nitrogens with zero attached hydrogens (tertiary/aromatic N) is 5. The SMILES string of the molecule is Cc1cnc(N2CC3(CCOCC3)C2)c(C(=O)Nc2ccc(C(=O)N3CCc4cc(C(=O)Nc5c(Cl)cncc5Cl)sc4-c4ncccc43)cc2)c1. The summed E-state index contributed by atoms with van der Waals surface area (Å²) >= 11 is 13.7. The quantitative estimate of drug-likeness (QED) is 0.182. The number of aryl methyl sites for hydroxylation is 1. The molecule has 3 amide bonds. The monoisotopic (exact) mass is 753 g/mol. The molecule has 3 aliphatic rings. The summed E-state index contributed by atoms with van der Waals surface area (Å²) in [6.45, 7) is 5.57. The van der Waals surface area contributed by atoms with Crippen molar-refractivity contribution >= 4 is 75.1 Å². The summed E-state index contributed by atoms with van der Waals surface area (Å²) in [6.07, 6.45) is 8.84. The van der Waals surface area contributed by atoms with Crippen molar-refractivity contribution in [3.8, 4) is 10.6 Å². The lowest BCUT2D eigenvalue weighted by molar-refractivity contribution is -0.000511. The van der Waals surface area contributed by atoms with E-state index in [0.717, 1.165) is 55.1 Å². The highest BCUT2D eigenvalue weighted by molar-refractivity contribution is 7.17. The number of hydrogen-bond acceptors (Lipinski definition) is 9. The van der Waals surface area contributed by atoms with Gasteiger partial charge in [-0.15, -0.1) is 11.3 Å². The molecule has 14 heteroatoms. The standard InChI is InChI=1S/C38H33Cl2N7O4S/c1-22-15-26(34(43-17-22)46-20-38(21-46)9-13-51-14-10-38)35(48)44-25-6-4-23(5-7-25)37(50)47-12-8-24-16-30(52-33(24)32-29(47)3-2-11-42-32)36(49)45-31-27(39)18-41-19-28(31)40/h2-7,11,15-19H,8-10,12-14,20-21H2,1H3,(H,44,48)(H,41,45,49). The Bertz CT molecular complexity index is 2190. The number of benzene rings is 1. The van der Waals surface area contributed by atoms with Crippen LogP contribution in [0.3, 0.4) is 0 Å². The molecule has 4 aromatic heterocycles. The number of aromatic nitrogens is 3. The maximum Gasteiger partial charge on any atom is 0.265 e. The van der Waals surface area contributed by atoms with Crippen LogP contribution in [-0.4, -0.2) is 65.5 Å². The highest BCUT2D eigenvalue weighted by Gasteiger charge is 2.45. The molecular weight excluding hydrogens is 721 g/mol. The highest BCUT2D eigenvalue weighted by atomic mass is 35.5. The molecule has 0 atom stereocenters. The average Bonchev–Trinajstić information content (AvgIpc) is 3.51. The fourth-order valence-corrected chi connectivity index (χ4v) is 8.62. The Morgan fingerprint density at radius 3 is 2.42 bits per heavy atom. The molecule has 3 aliphatic heterocycles. The van der Waals surface area contributed by atoms with Gasteiger partial charge in [-0.3, -0.25) is 24.4 Å². The van der Waals surface area contributed by atoms with Gasteiger partial charge in [-0.1, -0.05) is 23.2 Å². The Hall–Kier alpha value is -4.88. The van der Waals surface area contributed by atoms with Crippen molar-refractivity contribution in [1.82, 2.24) is 15.0 Å². The Labute approximate surface area is 314 Å². The smallest absolute Gasteiger partial charge is 0.265 e. The van der Waals surface area contributed by atoms with E-state index in [2.05, 4.69) is 30.5 Å². The highest BCUT2D eigenvalue weighted by Crippen LogP contribution is 2.43. The van der Waals surface area contributed by atoms with Crippen LogP contribution < -0.4 is 20.4 Å². The third-order valence-electron chi connectivity index (χ3n) is 9.81. The predicted molar refractivity (Wildman–Crippen MR) is 203 cm³/mol. The molecule has 7 heterocycles. The number of rotatable bonds is 6. The Morgan fingerprint density at radius 2 is 1.67 bits per heavy atom. The number of anilines is 4. The second-order valence-corrected chi connectivity index (χ2v) is 15.2. The molecule has 2 fully saturated rings. The van der Waals surface area contributed by atoms with Crippen molar-refractivity contribution in [2.45, 2.75) is 26.2 Å². The molecule has 2 N–H and O–H groups in total. The zero-order chi connectivity index (χ0) is 36.0. The van der Waals surface area contributed by atoms with Gasteiger partial charge in [0.05, 0.1) is 36.7 Å². The van der Waals surface area contributed by atoms with Gasteiger partial charge in [-0.05, 0) is 85.8 Å². The van der Waals surface area contributed by atoms with Crippen LogP contribution in [0.25, 0.3) is 10.6 Å². The van der Waals surface area contributed by atoms with Gasteiger partial charge < -0.3 is 25.2 Å². The lowest BCUT2D eigenvalue weighted by Crippen LogP contribution is -2.59. The van der Waals surface area contributed by atoms with E-state index < -0.39 is 0 Å². The number of pyridine rings is 3. The van der Waals surface area contributed by atoms with Crippen LogP contribution in [0.2, 0.25) is 10.0 Å². The second kappa shape index (κ2) is 13.9. The minimum atomic E-state index is -0.357. The summed E-state index contributed by atoms with van der Waals surface area (Å²) in [7, 11) is 0. The topological polar surface area (TPSA) is 130 Å². The molecule has 5 aromatic rings. The summed E-state index contributed by atoms with van der Waals surface area (Å²) in [4.78, 5) is 59.2. The maximum absolute atomic E-state index is 14.0. The fourth-order valence-electron chi connectivity index (χ4n) is 7.05. The molecule has 264 valence electrons. The Kier molecular flexibility index (Phi) is 9.16. The van der Waals surface area contributed by atoms with Gasteiger partial charge in [0.25, 0.3) is 17.7 Å². The lowest BCUT2D eigenvalue weighted by Gasteiger charge is -2.53. The molecule has 1 spiro atoms. The number of nitrogens with one attached hydrogen (secondary N) is 2. The number of thiophene rings is 1. The van der Waals surface area contributed by atoms with Crippen LogP contribution >= 0.6 is 34.5 Å². The van der Waals surface area contributed by atoms with Crippen molar-refractivity contribution in [2.24, 2.45) is 5.41 Å². The first kappa shape index (κ1) is 34.2. The van der Waals surface area contributed by atoms with Gasteiger partial charge in [0.2, 0.25) is 0 Å². The minimum Gasteiger partial charge on any atom is -0.381 e. The van der Waals surface area contributed by atoms with E-state index >= 15 is 0 Å². The zero-order valence-corrected chi connectivity index (χ0v) is 30.4. The van der Waals surface area contributed by atoms with Gasteiger partial charge in [0.15, 0.2) is 0 Å². The lowest BCUT2D eigenvalue weighted by atomic mass is 9.73. The van der Waals surface area contributed by atoms with E-state index in [-0.39, 0.29) is 33.2 Å². The van der Waals surface area contributed by atoms with Crippen LogP contribution in [0.4, 0.5) is 22.9 Å². The number of fused-ring (bicyclic) bond motifs is 3. The third-order valence-corrected chi connectivity index (χ3v) is 11.6. The molecule has 52 heavy (non-hydrogen) atoms. The van der Waals surface area contributed by atoms with Crippen LogP contribution in [0.15, 0.2) is 73.3 Å². The summed E-state index contributed by atoms with van der Waals surface area (Å²) in [5.74, 6) is -0.127. The summed E-state index contributed by atoms with van der Waals surface area (Å²) in [5.41, 5.74) is 5.14. The van der Waals surface area contributed by atoms with Crippen molar-refractivity contribution in [2.75, 3.05) is 53.3 Å². The maximum atomic E-state index is 14.0. The Morgan fingerprint density at radius 1 is 0.923 bits per heavy atom. The second-order valence-electron chi connectivity index (χ2n) is 13.4. The van der Waals surface area contributed by atoms with Crippen molar-refractivity contribution in [3.05, 3.63) is 110 Å². The molecule has 0 radical (unpaired) electrons. The number of carbonyl (C=O) groups is 3. The molecule has 8 rings (SSSR count). The van der Waals surface area contributed by atoms with Gasteiger partial charge in [0.1, 0.15) is 11.5 Å². The average molecular weight is 755 g/mol. The minimum absolute atomic E-state index is 0.202. The van der Waals surface area contributed by atoms with Gasteiger partial charge in [-0.25, -0.2) is 4.98 Å². The first-order valence-electron chi connectivity index (χ1n) is 16.9. The first-order valence-corrected chi connectivity index (χ1v) is 18.5. The zero-order valence-electron chi connectivity index (χ0n) is 28.1. The van der Waals surface area contributed by atoms with Crippen molar-refractivity contribution in [1.29, 1.82) is 0 Å². The molecule has 1 aromatic carbocycles. The summed E-state index contributed by atoms with van der Waals surface area (Å²) in [6, 6.07) is 14.2. The number of carbonyl (C=O) groups excluding carboxylic acids is 3.